The van der Waals surface area contributed by atoms with Crippen LogP contribution in [-0.4, -0.2) is 130 Å². The molecule has 0 saturated carbocycles. The van der Waals surface area contributed by atoms with Gasteiger partial charge in [-0.3, -0.25) is 9.59 Å². The summed E-state index contributed by atoms with van der Waals surface area (Å²) in [5.41, 5.74) is -3.34. The molecule has 0 bridgehead atoms. The third-order valence-corrected chi connectivity index (χ3v) is 9.25. The van der Waals surface area contributed by atoms with Gasteiger partial charge in [-0.05, 0) is 80.9 Å². The van der Waals surface area contributed by atoms with Crippen molar-refractivity contribution >= 4 is 11.8 Å². The van der Waals surface area contributed by atoms with Crippen molar-refractivity contribution in [2.45, 2.75) is 135 Å². The second kappa shape index (κ2) is 14.1. The molecule has 2 saturated heterocycles. The van der Waals surface area contributed by atoms with Gasteiger partial charge in [-0.1, -0.05) is 20.8 Å². The predicted octanol–water partition coefficient (Wildman–Crippen LogP) is 1.18. The normalized spacial score (nSPS) is 46.6. The van der Waals surface area contributed by atoms with Gasteiger partial charge in [0, 0.05) is 24.5 Å². The molecule has 0 radical (unpaired) electrons. The average molecular weight is 589 g/mol. The zero-order valence-corrected chi connectivity index (χ0v) is 26.9. The van der Waals surface area contributed by atoms with Gasteiger partial charge < -0.3 is 44.4 Å². The summed E-state index contributed by atoms with van der Waals surface area (Å²) in [4.78, 5) is 30.7. The molecule has 2 fully saturated rings. The summed E-state index contributed by atoms with van der Waals surface area (Å²) in [6, 6.07) is -0.773. The quantitative estimate of drug-likeness (QED) is 0.277. The summed E-state index contributed by atoms with van der Waals surface area (Å²) in [5, 5.41) is 45.5. The van der Waals surface area contributed by atoms with E-state index in [1.165, 1.54) is 13.8 Å². The number of ketones is 1. The van der Waals surface area contributed by atoms with E-state index in [-0.39, 0.29) is 30.9 Å². The van der Waals surface area contributed by atoms with Gasteiger partial charge in [0.15, 0.2) is 12.1 Å². The van der Waals surface area contributed by atoms with E-state index in [0.717, 1.165) is 0 Å². The molecule has 4 N–H and O–H groups in total. The number of aliphatic hydroxyl groups is 4. The van der Waals surface area contributed by atoms with Gasteiger partial charge in [0.25, 0.3) is 0 Å². The van der Waals surface area contributed by atoms with Crippen LogP contribution < -0.4 is 0 Å². The highest BCUT2D eigenvalue weighted by molar-refractivity contribution is 6.00. The number of cyclic esters (lactones) is 1. The van der Waals surface area contributed by atoms with Crippen LogP contribution in [0.3, 0.4) is 0 Å². The fraction of sp³-hybridized carbons (Fsp3) is 0.933. The minimum absolute atomic E-state index is 0.129. The van der Waals surface area contributed by atoms with E-state index in [2.05, 4.69) is 0 Å². The van der Waals surface area contributed by atoms with E-state index in [4.69, 9.17) is 14.2 Å². The van der Waals surface area contributed by atoms with Crippen LogP contribution in [0, 0.1) is 17.8 Å². The maximum atomic E-state index is 13.7. The van der Waals surface area contributed by atoms with Crippen LogP contribution in [0.5, 0.6) is 0 Å². The Labute approximate surface area is 246 Å². The van der Waals surface area contributed by atoms with Gasteiger partial charge in [-0.15, -0.1) is 0 Å². The Morgan fingerprint density at radius 2 is 1.66 bits per heavy atom. The fourth-order valence-corrected chi connectivity index (χ4v) is 6.58. The number of carbonyl (C=O) groups is 2. The maximum absolute atomic E-state index is 13.7. The largest absolute Gasteiger partial charge is 0.459 e. The molecular formula is C30H56N2O9. The molecule has 41 heavy (non-hydrogen) atoms. The van der Waals surface area contributed by atoms with Gasteiger partial charge in [0.2, 0.25) is 0 Å². The molecule has 11 heteroatoms. The van der Waals surface area contributed by atoms with Crippen LogP contribution in [0.4, 0.5) is 0 Å². The lowest BCUT2D eigenvalue weighted by Gasteiger charge is -2.45. The lowest BCUT2D eigenvalue weighted by Crippen LogP contribution is -2.59. The molecule has 0 spiro atoms. The monoisotopic (exact) mass is 588 g/mol. The summed E-state index contributed by atoms with van der Waals surface area (Å²) < 4.78 is 18.0. The summed E-state index contributed by atoms with van der Waals surface area (Å²) in [6.45, 7) is 13.9. The Morgan fingerprint density at radius 1 is 1.07 bits per heavy atom. The van der Waals surface area contributed by atoms with Crippen molar-refractivity contribution in [3.63, 3.8) is 0 Å². The number of carbonyl (C=O) groups excluding carboxylic acids is 2. The number of aliphatic hydroxyl groups excluding tert-OH is 2. The molecule has 2 heterocycles. The van der Waals surface area contributed by atoms with E-state index < -0.39 is 71.5 Å². The zero-order chi connectivity index (χ0) is 31.6. The molecule has 0 aliphatic carbocycles. The highest BCUT2D eigenvalue weighted by Crippen LogP contribution is 2.35. The van der Waals surface area contributed by atoms with Gasteiger partial charge in [0.1, 0.15) is 29.8 Å². The number of esters is 1. The second-order valence-corrected chi connectivity index (χ2v) is 13.4. The highest BCUT2D eigenvalue weighted by Gasteiger charge is 2.49. The Morgan fingerprint density at radius 3 is 2.20 bits per heavy atom. The molecule has 11 nitrogen and oxygen atoms in total. The molecule has 13 atom stereocenters. The van der Waals surface area contributed by atoms with Crippen LogP contribution in [-0.2, 0) is 23.8 Å². The number of rotatable bonds is 4. The molecule has 13 unspecified atom stereocenters. The summed E-state index contributed by atoms with van der Waals surface area (Å²) in [7, 11) is 5.54. The number of hydrogen-bond acceptors (Lipinski definition) is 11. The Bertz CT molecular complexity index is 882. The minimum atomic E-state index is -1.78. The number of Topliss-reactive ketones (excluding diaryl/α,β-unsaturated/α-hetero) is 1. The number of likely N-dealkylation sites (N-methyl/N-ethyl adjacent to an activating group) is 2. The van der Waals surface area contributed by atoms with Gasteiger partial charge in [-0.2, -0.15) is 0 Å². The smallest absolute Gasteiger partial charge is 0.316 e. The van der Waals surface area contributed by atoms with Crippen molar-refractivity contribution in [3.05, 3.63) is 0 Å². The highest BCUT2D eigenvalue weighted by atomic mass is 16.7. The first-order valence-electron chi connectivity index (χ1n) is 15.0. The molecule has 0 aromatic rings. The van der Waals surface area contributed by atoms with Crippen LogP contribution in [0.25, 0.3) is 0 Å². The van der Waals surface area contributed by atoms with Crippen molar-refractivity contribution in [1.29, 1.82) is 0 Å². The maximum Gasteiger partial charge on any atom is 0.316 e. The summed E-state index contributed by atoms with van der Waals surface area (Å²) in [5.74, 6) is -3.68. The molecule has 2 rings (SSSR count). The van der Waals surface area contributed by atoms with Crippen LogP contribution in [0.2, 0.25) is 0 Å². The Hall–Kier alpha value is -1.18. The second-order valence-electron chi connectivity index (χ2n) is 13.4. The van der Waals surface area contributed by atoms with Crippen molar-refractivity contribution in [2.24, 2.45) is 17.8 Å². The molecular weight excluding hydrogens is 532 g/mol. The van der Waals surface area contributed by atoms with E-state index in [0.29, 0.717) is 13.0 Å². The standard InChI is InChI=1S/C30H56N2O9/c1-12-22-30(8,38)25(35)20(6)32(11)15-16(2)14-29(7,37)26(18(4)23(33)19(5)27(36)40-22)41-28-24(34)21(31(9)10)13-17(3)39-28/h16-22,24-26,28,34-35,37-38H,12-15H2,1-11H3. The summed E-state index contributed by atoms with van der Waals surface area (Å²) in [6.07, 6.45) is -4.79. The lowest BCUT2D eigenvalue weighted by atomic mass is 9.78. The molecule has 0 amide bonds. The van der Waals surface area contributed by atoms with Gasteiger partial charge >= 0.3 is 5.97 Å². The molecule has 0 aromatic carbocycles. The lowest BCUT2D eigenvalue weighted by molar-refractivity contribution is -0.293. The third kappa shape index (κ3) is 8.26. The SMILES string of the molecule is CCC1OC(=O)C(C)C(=O)C(C)C(OC2OC(C)CC(N(C)C)C2O)C(C)(O)CC(C)CN(C)C(C)C(O)C1(C)O. The van der Waals surface area contributed by atoms with Crippen molar-refractivity contribution < 1.29 is 44.2 Å². The Balaban J connectivity index is 2.53. The first kappa shape index (κ1) is 36.0. The molecule has 0 aromatic heterocycles. The van der Waals surface area contributed by atoms with Crippen molar-refractivity contribution in [3.8, 4) is 0 Å². The van der Waals surface area contributed by atoms with Crippen molar-refractivity contribution in [2.75, 3.05) is 27.7 Å². The van der Waals surface area contributed by atoms with E-state index in [1.807, 2.05) is 44.8 Å². The number of hydrogen-bond donors (Lipinski definition) is 4. The number of ether oxygens (including phenoxy) is 3. The fourth-order valence-electron chi connectivity index (χ4n) is 6.58. The van der Waals surface area contributed by atoms with Gasteiger partial charge in [0.05, 0.1) is 17.8 Å². The topological polar surface area (TPSA) is 149 Å². The van der Waals surface area contributed by atoms with Crippen LogP contribution in [0.1, 0.15) is 74.7 Å². The van der Waals surface area contributed by atoms with E-state index in [1.54, 1.807) is 27.7 Å². The predicted molar refractivity (Wildman–Crippen MR) is 154 cm³/mol. The van der Waals surface area contributed by atoms with E-state index >= 15 is 0 Å². The van der Waals surface area contributed by atoms with E-state index in [9.17, 15) is 30.0 Å². The average Bonchev–Trinajstić information content (AvgIpc) is 2.87. The molecule has 2 aliphatic heterocycles. The third-order valence-electron chi connectivity index (χ3n) is 9.25. The molecule has 240 valence electrons. The van der Waals surface area contributed by atoms with Gasteiger partial charge in [-0.25, -0.2) is 0 Å². The minimum Gasteiger partial charge on any atom is -0.459 e. The van der Waals surface area contributed by atoms with Crippen LogP contribution >= 0.6 is 0 Å². The first-order valence-corrected chi connectivity index (χ1v) is 15.0. The van der Waals surface area contributed by atoms with Crippen molar-refractivity contribution in [1.82, 2.24) is 9.80 Å². The molecule has 2 aliphatic rings. The Kier molecular flexibility index (Phi) is 12.4. The number of nitrogens with zero attached hydrogens (tertiary/aromatic N) is 2. The van der Waals surface area contributed by atoms with Crippen LogP contribution in [0.15, 0.2) is 0 Å². The zero-order valence-electron chi connectivity index (χ0n) is 26.9. The summed E-state index contributed by atoms with van der Waals surface area (Å²) >= 11 is 0. The first-order chi connectivity index (χ1) is 18.8.